The van der Waals surface area contributed by atoms with Crippen molar-refractivity contribution in [3.63, 3.8) is 0 Å². The van der Waals surface area contributed by atoms with Gasteiger partial charge in [-0.05, 0) is 13.3 Å². The third-order valence-electron chi connectivity index (χ3n) is 2.54. The van der Waals surface area contributed by atoms with Gasteiger partial charge in [0.25, 0.3) is 0 Å². The Bertz CT molecular complexity index is 449. The fraction of sp³-hybridized carbons (Fsp3) is 0.364. The molecule has 0 unspecified atom stereocenters. The summed E-state index contributed by atoms with van der Waals surface area (Å²) >= 11 is 0. The second-order valence-electron chi connectivity index (χ2n) is 3.63. The van der Waals surface area contributed by atoms with Gasteiger partial charge in [-0.1, -0.05) is 6.92 Å². The fourth-order valence-electron chi connectivity index (χ4n) is 1.56. The molecule has 0 spiro atoms. The summed E-state index contributed by atoms with van der Waals surface area (Å²) in [4.78, 5) is 7.92. The van der Waals surface area contributed by atoms with Crippen molar-refractivity contribution in [1.29, 1.82) is 0 Å². The molecule has 2 aromatic rings. The number of aryl methyl sites for hydroxylation is 1. The van der Waals surface area contributed by atoms with Gasteiger partial charge in [-0.2, -0.15) is 5.10 Å². The summed E-state index contributed by atoms with van der Waals surface area (Å²) in [5, 5.41) is 10.5. The van der Waals surface area contributed by atoms with E-state index in [2.05, 4.69) is 39.3 Å². The van der Waals surface area contributed by atoms with Gasteiger partial charge >= 0.3 is 0 Å². The lowest BCUT2D eigenvalue weighted by molar-refractivity contribution is 0.963. The highest BCUT2D eigenvalue weighted by Gasteiger charge is 2.06. The van der Waals surface area contributed by atoms with E-state index in [1.165, 1.54) is 17.6 Å². The van der Waals surface area contributed by atoms with E-state index >= 15 is 0 Å². The Morgan fingerprint density at radius 3 is 2.69 bits per heavy atom. The van der Waals surface area contributed by atoms with E-state index in [4.69, 9.17) is 0 Å². The first kappa shape index (κ1) is 10.6. The van der Waals surface area contributed by atoms with Gasteiger partial charge in [-0.25, -0.2) is 9.97 Å². The van der Waals surface area contributed by atoms with E-state index in [-0.39, 0.29) is 0 Å². The average molecular weight is 217 g/mol. The minimum atomic E-state index is 0.690. The van der Waals surface area contributed by atoms with Gasteiger partial charge < -0.3 is 5.32 Å². The SMILES string of the molecule is CCc1[nH]nc(NCc2cncnc2)c1C. The summed E-state index contributed by atoms with van der Waals surface area (Å²) in [5.74, 6) is 0.903. The van der Waals surface area contributed by atoms with Crippen LogP contribution in [-0.4, -0.2) is 20.2 Å². The van der Waals surface area contributed by atoms with Gasteiger partial charge in [0.15, 0.2) is 5.82 Å². The molecule has 0 radical (unpaired) electrons. The van der Waals surface area contributed by atoms with Crippen LogP contribution in [0.4, 0.5) is 5.82 Å². The molecule has 2 N–H and O–H groups in total. The van der Waals surface area contributed by atoms with Crippen LogP contribution in [-0.2, 0) is 13.0 Å². The largest absolute Gasteiger partial charge is 0.364 e. The van der Waals surface area contributed by atoms with Crippen molar-refractivity contribution in [2.75, 3.05) is 5.32 Å². The van der Waals surface area contributed by atoms with Crippen LogP contribution in [0.3, 0.4) is 0 Å². The maximum Gasteiger partial charge on any atom is 0.151 e. The van der Waals surface area contributed by atoms with Gasteiger partial charge in [-0.15, -0.1) is 0 Å². The molecule has 84 valence electrons. The van der Waals surface area contributed by atoms with Crippen LogP contribution in [0.25, 0.3) is 0 Å². The summed E-state index contributed by atoms with van der Waals surface area (Å²) in [6.45, 7) is 4.86. The lowest BCUT2D eigenvalue weighted by Crippen LogP contribution is -2.01. The van der Waals surface area contributed by atoms with E-state index in [9.17, 15) is 0 Å². The molecule has 5 heteroatoms. The van der Waals surface area contributed by atoms with E-state index in [1.807, 2.05) is 0 Å². The fourth-order valence-corrected chi connectivity index (χ4v) is 1.56. The molecule has 0 fully saturated rings. The van der Waals surface area contributed by atoms with E-state index in [1.54, 1.807) is 12.4 Å². The predicted octanol–water partition coefficient (Wildman–Crippen LogP) is 1.68. The summed E-state index contributed by atoms with van der Waals surface area (Å²) < 4.78 is 0. The number of hydrogen-bond acceptors (Lipinski definition) is 4. The molecule has 0 atom stereocenters. The Hall–Kier alpha value is -1.91. The summed E-state index contributed by atoms with van der Waals surface area (Å²) in [5.41, 5.74) is 3.40. The average Bonchev–Trinajstić information content (AvgIpc) is 2.69. The molecule has 0 amide bonds. The second kappa shape index (κ2) is 4.74. The van der Waals surface area contributed by atoms with Crippen LogP contribution in [0.5, 0.6) is 0 Å². The molecule has 2 aromatic heterocycles. The van der Waals surface area contributed by atoms with E-state index in [0.717, 1.165) is 17.8 Å². The Kier molecular flexibility index (Phi) is 3.14. The summed E-state index contributed by atoms with van der Waals surface area (Å²) in [6.07, 6.45) is 6.08. The molecule has 0 bridgehead atoms. The number of nitrogens with one attached hydrogen (secondary N) is 2. The van der Waals surface area contributed by atoms with E-state index < -0.39 is 0 Å². The Balaban J connectivity index is 2.02. The highest BCUT2D eigenvalue weighted by atomic mass is 15.2. The quantitative estimate of drug-likeness (QED) is 0.817. The summed E-state index contributed by atoms with van der Waals surface area (Å²) in [6, 6.07) is 0. The Morgan fingerprint density at radius 2 is 2.06 bits per heavy atom. The van der Waals surface area contributed by atoms with E-state index in [0.29, 0.717) is 6.54 Å². The van der Waals surface area contributed by atoms with Crippen molar-refractivity contribution in [1.82, 2.24) is 20.2 Å². The van der Waals surface area contributed by atoms with Crippen LogP contribution < -0.4 is 5.32 Å². The monoisotopic (exact) mass is 217 g/mol. The summed E-state index contributed by atoms with van der Waals surface area (Å²) in [7, 11) is 0. The first-order chi connectivity index (χ1) is 7.81. The first-order valence-corrected chi connectivity index (χ1v) is 5.33. The lowest BCUT2D eigenvalue weighted by atomic mass is 10.2. The Labute approximate surface area is 94.3 Å². The van der Waals surface area contributed by atoms with Crippen molar-refractivity contribution in [3.8, 4) is 0 Å². The smallest absolute Gasteiger partial charge is 0.151 e. The van der Waals surface area contributed by atoms with Crippen LogP contribution >= 0.6 is 0 Å². The third-order valence-corrected chi connectivity index (χ3v) is 2.54. The predicted molar refractivity (Wildman–Crippen MR) is 62.1 cm³/mol. The molecular weight excluding hydrogens is 202 g/mol. The van der Waals surface area contributed by atoms with Crippen molar-refractivity contribution in [2.24, 2.45) is 0 Å². The molecule has 0 aliphatic heterocycles. The molecule has 0 saturated carbocycles. The van der Waals surface area contributed by atoms with Crippen molar-refractivity contribution in [2.45, 2.75) is 26.8 Å². The number of rotatable bonds is 4. The van der Waals surface area contributed by atoms with Crippen molar-refractivity contribution >= 4 is 5.82 Å². The van der Waals surface area contributed by atoms with Gasteiger partial charge in [-0.3, -0.25) is 5.10 Å². The van der Waals surface area contributed by atoms with Gasteiger partial charge in [0.2, 0.25) is 0 Å². The van der Waals surface area contributed by atoms with Crippen molar-refractivity contribution < 1.29 is 0 Å². The van der Waals surface area contributed by atoms with Crippen molar-refractivity contribution in [3.05, 3.63) is 35.5 Å². The molecule has 0 aliphatic carbocycles. The van der Waals surface area contributed by atoms with Crippen LogP contribution in [0.2, 0.25) is 0 Å². The molecule has 0 saturated heterocycles. The molecule has 5 nitrogen and oxygen atoms in total. The minimum absolute atomic E-state index is 0.690. The van der Waals surface area contributed by atoms with Crippen LogP contribution in [0.15, 0.2) is 18.7 Å². The molecule has 0 aliphatic rings. The minimum Gasteiger partial charge on any atom is -0.364 e. The Morgan fingerprint density at radius 1 is 1.31 bits per heavy atom. The molecule has 16 heavy (non-hydrogen) atoms. The second-order valence-corrected chi connectivity index (χ2v) is 3.63. The number of anilines is 1. The molecule has 2 rings (SSSR count). The first-order valence-electron chi connectivity index (χ1n) is 5.33. The zero-order valence-corrected chi connectivity index (χ0v) is 9.49. The number of aromatic nitrogens is 4. The molecular formula is C11H15N5. The normalized spacial score (nSPS) is 10.4. The maximum atomic E-state index is 4.22. The van der Waals surface area contributed by atoms with Gasteiger partial charge in [0.1, 0.15) is 6.33 Å². The highest BCUT2D eigenvalue weighted by molar-refractivity contribution is 5.45. The third kappa shape index (κ3) is 2.18. The van der Waals surface area contributed by atoms with Gasteiger partial charge in [0, 0.05) is 35.8 Å². The molecule has 2 heterocycles. The number of hydrogen-bond donors (Lipinski definition) is 2. The van der Waals surface area contributed by atoms with Crippen LogP contribution in [0.1, 0.15) is 23.7 Å². The molecule has 0 aromatic carbocycles. The maximum absolute atomic E-state index is 4.22. The van der Waals surface area contributed by atoms with Gasteiger partial charge in [0.05, 0.1) is 0 Å². The number of aromatic amines is 1. The van der Waals surface area contributed by atoms with Crippen LogP contribution in [0, 0.1) is 6.92 Å². The topological polar surface area (TPSA) is 66.5 Å². The highest BCUT2D eigenvalue weighted by Crippen LogP contribution is 2.15. The zero-order chi connectivity index (χ0) is 11.4. The number of nitrogens with zero attached hydrogens (tertiary/aromatic N) is 3. The lowest BCUT2D eigenvalue weighted by Gasteiger charge is -2.03. The standard InChI is InChI=1S/C11H15N5/c1-3-10-8(2)11(16-15-10)14-6-9-4-12-7-13-5-9/h4-5,7H,3,6H2,1-2H3,(H2,14,15,16). The number of H-pyrrole nitrogens is 1. The zero-order valence-electron chi connectivity index (χ0n) is 9.49.